The van der Waals surface area contributed by atoms with Crippen LogP contribution >= 0.6 is 0 Å². The van der Waals surface area contributed by atoms with Crippen LogP contribution in [-0.2, 0) is 18.9 Å². The van der Waals surface area contributed by atoms with Crippen molar-refractivity contribution in [3.05, 3.63) is 0 Å². The maximum absolute atomic E-state index is 5.66. The normalized spacial score (nSPS) is 12.0. The molecule has 0 spiro atoms. The fourth-order valence-electron chi connectivity index (χ4n) is 1.17. The molecule has 0 aromatic rings. The van der Waals surface area contributed by atoms with Gasteiger partial charge in [0, 0.05) is 13.2 Å². The Morgan fingerprint density at radius 1 is 0.750 bits per heavy atom. The third-order valence-corrected chi connectivity index (χ3v) is 2.32. The average molecular weight is 234 g/mol. The molecule has 4 nitrogen and oxygen atoms in total. The lowest BCUT2D eigenvalue weighted by Crippen LogP contribution is -2.34. The lowest BCUT2D eigenvalue weighted by molar-refractivity contribution is -0.235. The van der Waals surface area contributed by atoms with Gasteiger partial charge < -0.3 is 18.9 Å². The molecule has 0 atom stereocenters. The third-order valence-electron chi connectivity index (χ3n) is 2.32. The predicted octanol–water partition coefficient (Wildman–Crippen LogP) is 2.22. The maximum atomic E-state index is 5.66. The summed E-state index contributed by atoms with van der Waals surface area (Å²) in [6.07, 6.45) is 0.811. The minimum absolute atomic E-state index is 0.520. The van der Waals surface area contributed by atoms with Crippen molar-refractivity contribution in [2.75, 3.05) is 39.6 Å². The molecule has 0 N–H and O–H groups in total. The first-order valence-corrected chi connectivity index (χ1v) is 6.12. The highest BCUT2D eigenvalue weighted by atomic mass is 16.7. The molecule has 0 amide bonds. The highest BCUT2D eigenvalue weighted by molar-refractivity contribution is 4.60. The van der Waals surface area contributed by atoms with Crippen molar-refractivity contribution in [1.29, 1.82) is 0 Å². The van der Waals surface area contributed by atoms with Crippen molar-refractivity contribution in [1.82, 2.24) is 0 Å². The minimum Gasteiger partial charge on any atom is -0.379 e. The summed E-state index contributed by atoms with van der Waals surface area (Å²) in [7, 11) is 0. The molecule has 0 aromatic carbocycles. The number of hydrogen-bond donors (Lipinski definition) is 0. The molecule has 0 saturated heterocycles. The number of ether oxygens (including phenoxy) is 4. The van der Waals surface area contributed by atoms with Crippen LogP contribution in [0, 0.1) is 0 Å². The van der Waals surface area contributed by atoms with Gasteiger partial charge in [0.25, 0.3) is 0 Å². The van der Waals surface area contributed by atoms with Gasteiger partial charge in [0.15, 0.2) is 5.79 Å². The Morgan fingerprint density at radius 2 is 1.19 bits per heavy atom. The third kappa shape index (κ3) is 8.05. The highest BCUT2D eigenvalue weighted by Gasteiger charge is 2.22. The van der Waals surface area contributed by atoms with E-state index in [9.17, 15) is 0 Å². The monoisotopic (exact) mass is 234 g/mol. The van der Waals surface area contributed by atoms with Crippen molar-refractivity contribution >= 4 is 0 Å². The zero-order valence-electron chi connectivity index (χ0n) is 11.1. The zero-order chi connectivity index (χ0) is 12.3. The van der Waals surface area contributed by atoms with E-state index in [-0.39, 0.29) is 0 Å². The standard InChI is InChI=1S/C12H26O4/c1-5-12(4,15-10-8-13-6-2)16-11-9-14-7-3/h5-11H2,1-4H3. The van der Waals surface area contributed by atoms with Crippen LogP contribution in [0.5, 0.6) is 0 Å². The van der Waals surface area contributed by atoms with Crippen LogP contribution in [0.1, 0.15) is 34.1 Å². The molecule has 0 saturated carbocycles. The fraction of sp³-hybridized carbons (Fsp3) is 1.00. The Kier molecular flexibility index (Phi) is 9.92. The van der Waals surface area contributed by atoms with Gasteiger partial charge in [0.1, 0.15) is 0 Å². The molecule has 98 valence electrons. The van der Waals surface area contributed by atoms with E-state index in [1.807, 2.05) is 27.7 Å². The molecule has 0 radical (unpaired) electrons. The smallest absolute Gasteiger partial charge is 0.165 e. The summed E-state index contributed by atoms with van der Waals surface area (Å²) in [4.78, 5) is 0. The van der Waals surface area contributed by atoms with Gasteiger partial charge in [-0.1, -0.05) is 6.92 Å². The van der Waals surface area contributed by atoms with E-state index in [0.717, 1.165) is 19.6 Å². The Hall–Kier alpha value is -0.160. The largest absolute Gasteiger partial charge is 0.379 e. The van der Waals surface area contributed by atoms with Gasteiger partial charge in [-0.05, 0) is 27.2 Å². The molecular formula is C12H26O4. The van der Waals surface area contributed by atoms with Crippen LogP contribution in [0.4, 0.5) is 0 Å². The van der Waals surface area contributed by atoms with E-state index in [1.165, 1.54) is 0 Å². The van der Waals surface area contributed by atoms with E-state index in [1.54, 1.807) is 0 Å². The first-order chi connectivity index (χ1) is 7.68. The molecule has 0 fully saturated rings. The van der Waals surface area contributed by atoms with Crippen LogP contribution in [0.15, 0.2) is 0 Å². The molecule has 0 aliphatic carbocycles. The summed E-state index contributed by atoms with van der Waals surface area (Å²) in [5, 5.41) is 0. The molecule has 0 bridgehead atoms. The van der Waals surface area contributed by atoms with E-state index in [2.05, 4.69) is 0 Å². The molecule has 0 aliphatic heterocycles. The first-order valence-electron chi connectivity index (χ1n) is 6.12. The molecule has 0 rings (SSSR count). The van der Waals surface area contributed by atoms with Gasteiger partial charge in [-0.2, -0.15) is 0 Å². The summed E-state index contributed by atoms with van der Waals surface area (Å²) in [6, 6.07) is 0. The Labute approximate surface area is 99.2 Å². The van der Waals surface area contributed by atoms with Gasteiger partial charge in [-0.25, -0.2) is 0 Å². The fourth-order valence-corrected chi connectivity index (χ4v) is 1.17. The van der Waals surface area contributed by atoms with E-state index < -0.39 is 5.79 Å². The topological polar surface area (TPSA) is 36.9 Å². The summed E-state index contributed by atoms with van der Waals surface area (Å²) >= 11 is 0. The Balaban J connectivity index is 3.64. The summed E-state index contributed by atoms with van der Waals surface area (Å²) in [5.41, 5.74) is 0. The SMILES string of the molecule is CCOCCOC(C)(CC)OCCOCC. The Bertz CT molecular complexity index is 138. The predicted molar refractivity (Wildman–Crippen MR) is 63.6 cm³/mol. The quantitative estimate of drug-likeness (QED) is 0.406. The summed E-state index contributed by atoms with van der Waals surface area (Å²) in [5.74, 6) is -0.520. The van der Waals surface area contributed by atoms with Crippen molar-refractivity contribution in [3.8, 4) is 0 Å². The van der Waals surface area contributed by atoms with Crippen LogP contribution in [-0.4, -0.2) is 45.4 Å². The molecule has 4 heteroatoms. The summed E-state index contributed by atoms with van der Waals surface area (Å²) < 4.78 is 21.7. The molecule has 0 aliphatic rings. The molecule has 16 heavy (non-hydrogen) atoms. The average Bonchev–Trinajstić information content (AvgIpc) is 2.31. The second-order valence-corrected chi connectivity index (χ2v) is 3.58. The van der Waals surface area contributed by atoms with Crippen LogP contribution < -0.4 is 0 Å². The first kappa shape index (κ1) is 15.8. The zero-order valence-corrected chi connectivity index (χ0v) is 11.1. The lowest BCUT2D eigenvalue weighted by Gasteiger charge is -2.28. The van der Waals surface area contributed by atoms with Crippen molar-refractivity contribution in [2.24, 2.45) is 0 Å². The van der Waals surface area contributed by atoms with E-state index in [0.29, 0.717) is 26.4 Å². The van der Waals surface area contributed by atoms with Gasteiger partial charge in [0.2, 0.25) is 0 Å². The van der Waals surface area contributed by atoms with E-state index >= 15 is 0 Å². The van der Waals surface area contributed by atoms with Crippen LogP contribution in [0.25, 0.3) is 0 Å². The van der Waals surface area contributed by atoms with E-state index in [4.69, 9.17) is 18.9 Å². The number of hydrogen-bond acceptors (Lipinski definition) is 4. The van der Waals surface area contributed by atoms with Gasteiger partial charge in [-0.3, -0.25) is 0 Å². The van der Waals surface area contributed by atoms with Gasteiger partial charge >= 0.3 is 0 Å². The van der Waals surface area contributed by atoms with Crippen molar-refractivity contribution in [3.63, 3.8) is 0 Å². The molecule has 0 heterocycles. The summed E-state index contributed by atoms with van der Waals surface area (Å²) in [6.45, 7) is 11.7. The molecule has 0 aromatic heterocycles. The Morgan fingerprint density at radius 3 is 1.50 bits per heavy atom. The van der Waals surface area contributed by atoms with Crippen molar-refractivity contribution in [2.45, 2.75) is 39.9 Å². The van der Waals surface area contributed by atoms with Gasteiger partial charge in [-0.15, -0.1) is 0 Å². The second kappa shape index (κ2) is 10.0. The van der Waals surface area contributed by atoms with Crippen LogP contribution in [0.3, 0.4) is 0 Å². The minimum atomic E-state index is -0.520. The molecule has 0 unspecified atom stereocenters. The maximum Gasteiger partial charge on any atom is 0.165 e. The van der Waals surface area contributed by atoms with Gasteiger partial charge in [0.05, 0.1) is 26.4 Å². The van der Waals surface area contributed by atoms with Crippen molar-refractivity contribution < 1.29 is 18.9 Å². The number of rotatable bonds is 11. The lowest BCUT2D eigenvalue weighted by atomic mass is 10.2. The molecular weight excluding hydrogens is 208 g/mol. The second-order valence-electron chi connectivity index (χ2n) is 3.58. The highest BCUT2D eigenvalue weighted by Crippen LogP contribution is 2.16. The van der Waals surface area contributed by atoms with Crippen LogP contribution in [0.2, 0.25) is 0 Å².